The predicted molar refractivity (Wildman–Crippen MR) is 69.5 cm³/mol. The van der Waals surface area contributed by atoms with Crippen LogP contribution in [-0.4, -0.2) is 9.78 Å². The summed E-state index contributed by atoms with van der Waals surface area (Å²) in [7, 11) is 0. The fourth-order valence-electron chi connectivity index (χ4n) is 1.82. The summed E-state index contributed by atoms with van der Waals surface area (Å²) in [6.45, 7) is 10.2. The summed E-state index contributed by atoms with van der Waals surface area (Å²) in [5, 5.41) is 4.35. The minimum Gasteiger partial charge on any atom is -0.272 e. The van der Waals surface area contributed by atoms with Crippen LogP contribution in [0.25, 0.3) is 0 Å². The summed E-state index contributed by atoms with van der Waals surface area (Å²) in [4.78, 5) is 0. The molecule has 1 aromatic rings. The van der Waals surface area contributed by atoms with Gasteiger partial charge < -0.3 is 0 Å². The molecule has 0 bridgehead atoms. The first-order chi connectivity index (χ1) is 7.51. The van der Waals surface area contributed by atoms with Gasteiger partial charge in [0.1, 0.15) is 0 Å². The monoisotopic (exact) mass is 222 g/mol. The highest BCUT2D eigenvalue weighted by atomic mass is 15.3. The van der Waals surface area contributed by atoms with E-state index in [9.17, 15) is 0 Å². The maximum Gasteiger partial charge on any atom is 0.0521 e. The highest BCUT2D eigenvalue weighted by molar-refractivity contribution is 5.02. The second-order valence-corrected chi connectivity index (χ2v) is 5.84. The average Bonchev–Trinajstić information content (AvgIpc) is 2.63. The first-order valence-electron chi connectivity index (χ1n) is 6.52. The molecule has 0 saturated heterocycles. The van der Waals surface area contributed by atoms with Crippen LogP contribution in [0.4, 0.5) is 0 Å². The van der Waals surface area contributed by atoms with Crippen LogP contribution in [0.15, 0.2) is 12.4 Å². The third-order valence-corrected chi connectivity index (χ3v) is 2.91. The van der Waals surface area contributed by atoms with Crippen molar-refractivity contribution in [3.8, 4) is 0 Å². The van der Waals surface area contributed by atoms with E-state index in [4.69, 9.17) is 0 Å². The van der Waals surface area contributed by atoms with Crippen molar-refractivity contribution in [1.29, 1.82) is 0 Å². The van der Waals surface area contributed by atoms with E-state index < -0.39 is 0 Å². The van der Waals surface area contributed by atoms with E-state index in [1.54, 1.807) is 0 Å². The minimum atomic E-state index is 0.487. The van der Waals surface area contributed by atoms with Gasteiger partial charge in [-0.25, -0.2) is 0 Å². The third kappa shape index (κ3) is 5.34. The number of hydrogen-bond donors (Lipinski definition) is 0. The van der Waals surface area contributed by atoms with Gasteiger partial charge in [-0.3, -0.25) is 4.68 Å². The molecule has 1 rings (SSSR count). The zero-order chi connectivity index (χ0) is 12.0. The van der Waals surface area contributed by atoms with Gasteiger partial charge in [-0.1, -0.05) is 40.5 Å². The lowest BCUT2D eigenvalue weighted by Gasteiger charge is -2.17. The van der Waals surface area contributed by atoms with Crippen LogP contribution in [0.1, 0.15) is 58.9 Å². The van der Waals surface area contributed by atoms with E-state index >= 15 is 0 Å². The molecule has 0 aliphatic carbocycles. The van der Waals surface area contributed by atoms with Crippen molar-refractivity contribution >= 4 is 0 Å². The summed E-state index contributed by atoms with van der Waals surface area (Å²) in [5.74, 6) is 0. The van der Waals surface area contributed by atoms with Gasteiger partial charge in [-0.05, 0) is 30.2 Å². The largest absolute Gasteiger partial charge is 0.272 e. The van der Waals surface area contributed by atoms with Crippen LogP contribution in [-0.2, 0) is 13.0 Å². The molecule has 0 saturated carbocycles. The Hall–Kier alpha value is -0.790. The first-order valence-corrected chi connectivity index (χ1v) is 6.52. The normalized spacial score (nSPS) is 12.0. The Labute approximate surface area is 100 Å². The molecule has 0 aliphatic heterocycles. The van der Waals surface area contributed by atoms with E-state index in [-0.39, 0.29) is 0 Å². The fourth-order valence-corrected chi connectivity index (χ4v) is 1.82. The lowest BCUT2D eigenvalue weighted by molar-refractivity contribution is 0.354. The summed E-state index contributed by atoms with van der Waals surface area (Å²) >= 11 is 0. The Bertz CT molecular complexity index is 294. The SMILES string of the molecule is CCc1cnn(CCCCCC(C)(C)C)c1. The minimum absolute atomic E-state index is 0.487. The summed E-state index contributed by atoms with van der Waals surface area (Å²) in [6.07, 6.45) is 10.5. The van der Waals surface area contributed by atoms with Crippen LogP contribution >= 0.6 is 0 Å². The Morgan fingerprint density at radius 3 is 2.50 bits per heavy atom. The first kappa shape index (κ1) is 13.3. The van der Waals surface area contributed by atoms with Gasteiger partial charge in [0.25, 0.3) is 0 Å². The van der Waals surface area contributed by atoms with Crippen molar-refractivity contribution in [3.63, 3.8) is 0 Å². The second kappa shape index (κ2) is 6.07. The molecular formula is C14H26N2. The molecule has 0 radical (unpaired) electrons. The van der Waals surface area contributed by atoms with Crippen molar-refractivity contribution in [1.82, 2.24) is 9.78 Å². The maximum atomic E-state index is 4.35. The van der Waals surface area contributed by atoms with Crippen molar-refractivity contribution in [2.45, 2.75) is 66.3 Å². The summed E-state index contributed by atoms with van der Waals surface area (Å²) < 4.78 is 2.08. The van der Waals surface area contributed by atoms with E-state index in [0.29, 0.717) is 5.41 Å². The molecular weight excluding hydrogens is 196 g/mol. The molecule has 0 aliphatic rings. The van der Waals surface area contributed by atoms with Gasteiger partial charge in [-0.2, -0.15) is 5.10 Å². The highest BCUT2D eigenvalue weighted by Gasteiger charge is 2.08. The lowest BCUT2D eigenvalue weighted by atomic mass is 9.89. The Balaban J connectivity index is 2.11. The quantitative estimate of drug-likeness (QED) is 0.664. The molecule has 0 spiro atoms. The number of unbranched alkanes of at least 4 members (excludes halogenated alkanes) is 2. The molecule has 16 heavy (non-hydrogen) atoms. The Morgan fingerprint density at radius 2 is 1.94 bits per heavy atom. The van der Waals surface area contributed by atoms with Crippen LogP contribution in [0.5, 0.6) is 0 Å². The zero-order valence-electron chi connectivity index (χ0n) is 11.3. The zero-order valence-corrected chi connectivity index (χ0v) is 11.3. The average molecular weight is 222 g/mol. The van der Waals surface area contributed by atoms with Crippen molar-refractivity contribution in [2.75, 3.05) is 0 Å². The van der Waals surface area contributed by atoms with Gasteiger partial charge in [0, 0.05) is 12.7 Å². The Kier molecular flexibility index (Phi) is 5.04. The Morgan fingerprint density at radius 1 is 1.19 bits per heavy atom. The van der Waals surface area contributed by atoms with Crippen LogP contribution in [0, 0.1) is 5.41 Å². The molecule has 0 unspecified atom stereocenters. The molecule has 0 aromatic carbocycles. The predicted octanol–water partition coefficient (Wildman–Crippen LogP) is 4.05. The smallest absolute Gasteiger partial charge is 0.0521 e. The molecule has 92 valence electrons. The van der Waals surface area contributed by atoms with Gasteiger partial charge in [-0.15, -0.1) is 0 Å². The number of rotatable bonds is 6. The van der Waals surface area contributed by atoms with E-state index in [1.165, 1.54) is 31.2 Å². The fraction of sp³-hybridized carbons (Fsp3) is 0.786. The number of hydrogen-bond acceptors (Lipinski definition) is 1. The standard InChI is InChI=1S/C14H26N2/c1-5-13-11-15-16(12-13)10-8-6-7-9-14(2,3)4/h11-12H,5-10H2,1-4H3. The van der Waals surface area contributed by atoms with Crippen LogP contribution in [0.2, 0.25) is 0 Å². The van der Waals surface area contributed by atoms with E-state index in [2.05, 4.69) is 43.7 Å². The van der Waals surface area contributed by atoms with Crippen molar-refractivity contribution < 1.29 is 0 Å². The van der Waals surface area contributed by atoms with Gasteiger partial charge in [0.05, 0.1) is 6.20 Å². The maximum absolute atomic E-state index is 4.35. The third-order valence-electron chi connectivity index (χ3n) is 2.91. The number of aromatic nitrogens is 2. The molecule has 0 N–H and O–H groups in total. The van der Waals surface area contributed by atoms with Crippen LogP contribution < -0.4 is 0 Å². The number of nitrogens with zero attached hydrogens (tertiary/aromatic N) is 2. The number of aryl methyl sites for hydroxylation is 2. The van der Waals surface area contributed by atoms with E-state index in [1.807, 2.05) is 6.20 Å². The molecule has 0 fully saturated rings. The summed E-state index contributed by atoms with van der Waals surface area (Å²) in [6, 6.07) is 0. The highest BCUT2D eigenvalue weighted by Crippen LogP contribution is 2.22. The van der Waals surface area contributed by atoms with Gasteiger partial charge >= 0.3 is 0 Å². The van der Waals surface area contributed by atoms with Crippen LogP contribution in [0.3, 0.4) is 0 Å². The molecule has 0 atom stereocenters. The van der Waals surface area contributed by atoms with E-state index in [0.717, 1.165) is 13.0 Å². The van der Waals surface area contributed by atoms with Gasteiger partial charge in [0.2, 0.25) is 0 Å². The lowest BCUT2D eigenvalue weighted by Crippen LogP contribution is -2.04. The molecule has 0 amide bonds. The topological polar surface area (TPSA) is 17.8 Å². The molecule has 1 heterocycles. The molecule has 1 aromatic heterocycles. The van der Waals surface area contributed by atoms with Gasteiger partial charge in [0.15, 0.2) is 0 Å². The summed E-state index contributed by atoms with van der Waals surface area (Å²) in [5.41, 5.74) is 1.83. The molecule has 2 nitrogen and oxygen atoms in total. The van der Waals surface area contributed by atoms with Crippen molar-refractivity contribution in [3.05, 3.63) is 18.0 Å². The second-order valence-electron chi connectivity index (χ2n) is 5.84. The molecule has 2 heteroatoms. The van der Waals surface area contributed by atoms with Crippen molar-refractivity contribution in [2.24, 2.45) is 5.41 Å².